The highest BCUT2D eigenvalue weighted by atomic mass is 16.1. The van der Waals surface area contributed by atoms with Crippen LogP contribution in [-0.2, 0) is 4.79 Å². The molecule has 0 spiro atoms. The van der Waals surface area contributed by atoms with Gasteiger partial charge in [0.25, 0.3) is 0 Å². The number of unbranched alkanes of at least 4 members (excludes halogenated alkanes) is 1. The number of carbonyl (C=O) groups is 1. The smallest absolute Gasteiger partial charge is 0.216 e. The summed E-state index contributed by atoms with van der Waals surface area (Å²) in [7, 11) is 0. The van der Waals surface area contributed by atoms with Crippen molar-refractivity contribution in [2.45, 2.75) is 106 Å². The topological polar surface area (TPSA) is 29.1 Å². The molecule has 0 aromatic carbocycles. The summed E-state index contributed by atoms with van der Waals surface area (Å²) < 4.78 is 0. The van der Waals surface area contributed by atoms with E-state index < -0.39 is 0 Å². The van der Waals surface area contributed by atoms with Crippen molar-refractivity contribution in [3.63, 3.8) is 0 Å². The van der Waals surface area contributed by atoms with Gasteiger partial charge in [0.2, 0.25) is 5.91 Å². The zero-order valence-corrected chi connectivity index (χ0v) is 18.7. The van der Waals surface area contributed by atoms with Crippen molar-refractivity contribution in [1.29, 1.82) is 0 Å². The molecular weight excluding hydrogens is 318 g/mol. The summed E-state index contributed by atoms with van der Waals surface area (Å²) in [5.74, 6) is 5.20. The second-order valence-electron chi connectivity index (χ2n) is 9.87. The number of rotatable bonds is 15. The van der Waals surface area contributed by atoms with E-state index in [1.54, 1.807) is 6.92 Å². The van der Waals surface area contributed by atoms with Crippen LogP contribution in [0.15, 0.2) is 0 Å². The second-order valence-corrected chi connectivity index (χ2v) is 9.87. The van der Waals surface area contributed by atoms with Crippen LogP contribution in [0, 0.1) is 35.5 Å². The summed E-state index contributed by atoms with van der Waals surface area (Å²) in [6.45, 7) is 14.4. The van der Waals surface area contributed by atoms with Gasteiger partial charge < -0.3 is 5.32 Å². The highest BCUT2D eigenvalue weighted by Crippen LogP contribution is 2.48. The minimum atomic E-state index is 0.116. The fourth-order valence-corrected chi connectivity index (χ4v) is 4.56. The van der Waals surface area contributed by atoms with E-state index in [1.165, 1.54) is 64.2 Å². The Balaban J connectivity index is 1.96. The van der Waals surface area contributed by atoms with Crippen LogP contribution >= 0.6 is 0 Å². The van der Waals surface area contributed by atoms with Gasteiger partial charge in [-0.15, -0.1) is 0 Å². The third-order valence-corrected chi connectivity index (χ3v) is 6.70. The molecule has 1 aliphatic rings. The Morgan fingerprint density at radius 3 is 1.88 bits per heavy atom. The van der Waals surface area contributed by atoms with Crippen LogP contribution in [-0.4, -0.2) is 12.5 Å². The van der Waals surface area contributed by atoms with Gasteiger partial charge in [0.1, 0.15) is 0 Å². The third-order valence-electron chi connectivity index (χ3n) is 6.70. The first-order chi connectivity index (χ1) is 12.3. The lowest BCUT2D eigenvalue weighted by Gasteiger charge is -2.14. The van der Waals surface area contributed by atoms with E-state index >= 15 is 0 Å². The zero-order chi connectivity index (χ0) is 19.5. The van der Waals surface area contributed by atoms with Crippen LogP contribution in [0.4, 0.5) is 0 Å². The molecule has 2 heteroatoms. The number of hydrogen-bond acceptors (Lipinski definition) is 1. The van der Waals surface area contributed by atoms with Crippen LogP contribution in [0.3, 0.4) is 0 Å². The molecule has 1 amide bonds. The molecule has 0 aliphatic heterocycles. The van der Waals surface area contributed by atoms with Gasteiger partial charge >= 0.3 is 0 Å². The van der Waals surface area contributed by atoms with E-state index in [1.807, 2.05) is 0 Å². The zero-order valence-electron chi connectivity index (χ0n) is 18.7. The average Bonchev–Trinajstić information content (AvgIpc) is 3.17. The molecule has 0 aromatic rings. The quantitative estimate of drug-likeness (QED) is 0.316. The summed E-state index contributed by atoms with van der Waals surface area (Å²) >= 11 is 0. The van der Waals surface area contributed by atoms with Crippen molar-refractivity contribution < 1.29 is 4.79 Å². The molecule has 2 nitrogen and oxygen atoms in total. The van der Waals surface area contributed by atoms with E-state index in [0.29, 0.717) is 0 Å². The fraction of sp³-hybridized carbons (Fsp3) is 0.958. The second kappa shape index (κ2) is 12.8. The largest absolute Gasteiger partial charge is 0.356 e. The number of carbonyl (C=O) groups excluding carboxylic acids is 1. The highest BCUT2D eigenvalue weighted by molar-refractivity contribution is 5.72. The molecule has 0 aromatic heterocycles. The molecule has 1 saturated carbocycles. The minimum Gasteiger partial charge on any atom is -0.356 e. The van der Waals surface area contributed by atoms with Gasteiger partial charge in [0, 0.05) is 13.5 Å². The Morgan fingerprint density at radius 2 is 1.35 bits per heavy atom. The summed E-state index contributed by atoms with van der Waals surface area (Å²) in [5.41, 5.74) is 0. The number of hydrogen-bond donors (Lipinski definition) is 1. The van der Waals surface area contributed by atoms with Gasteiger partial charge in [0.05, 0.1) is 0 Å². The molecule has 26 heavy (non-hydrogen) atoms. The Hall–Kier alpha value is -0.530. The van der Waals surface area contributed by atoms with Crippen molar-refractivity contribution in [3.8, 4) is 0 Å². The maximum absolute atomic E-state index is 11.0. The molecular formula is C24H47NO. The molecule has 0 bridgehead atoms. The molecule has 0 radical (unpaired) electrons. The van der Waals surface area contributed by atoms with Crippen molar-refractivity contribution in [1.82, 2.24) is 5.32 Å². The average molecular weight is 366 g/mol. The molecule has 0 heterocycles. The summed E-state index contributed by atoms with van der Waals surface area (Å²) in [6.07, 6.45) is 14.0. The lowest BCUT2D eigenvalue weighted by Crippen LogP contribution is -2.23. The Kier molecular flexibility index (Phi) is 11.6. The van der Waals surface area contributed by atoms with Gasteiger partial charge in [-0.1, -0.05) is 92.4 Å². The molecule has 5 atom stereocenters. The highest BCUT2D eigenvalue weighted by Gasteiger charge is 2.45. The van der Waals surface area contributed by atoms with E-state index in [4.69, 9.17) is 0 Å². The first-order valence-electron chi connectivity index (χ1n) is 11.6. The first-order valence-corrected chi connectivity index (χ1v) is 11.6. The van der Waals surface area contributed by atoms with E-state index in [-0.39, 0.29) is 5.91 Å². The van der Waals surface area contributed by atoms with Gasteiger partial charge in [-0.2, -0.15) is 0 Å². The van der Waals surface area contributed by atoms with E-state index in [9.17, 15) is 4.79 Å². The minimum absolute atomic E-state index is 0.116. The van der Waals surface area contributed by atoms with Crippen LogP contribution in [0.25, 0.3) is 0 Å². The van der Waals surface area contributed by atoms with E-state index in [2.05, 4.69) is 39.9 Å². The maximum Gasteiger partial charge on any atom is 0.216 e. The molecule has 2 unspecified atom stereocenters. The normalized spacial score (nSPS) is 24.5. The van der Waals surface area contributed by atoms with Crippen LogP contribution in [0.5, 0.6) is 0 Å². The SMILES string of the molecule is CC(=O)NCC1C(CCC[C@H](C)CCCC[C@H](C)CCCC(C)C)[C@@H]1C. The van der Waals surface area contributed by atoms with E-state index in [0.717, 1.165) is 42.1 Å². The maximum atomic E-state index is 11.0. The van der Waals surface area contributed by atoms with Gasteiger partial charge in [-0.3, -0.25) is 4.79 Å². The molecule has 1 N–H and O–H groups in total. The Morgan fingerprint density at radius 1 is 0.808 bits per heavy atom. The van der Waals surface area contributed by atoms with Crippen molar-refractivity contribution in [3.05, 3.63) is 0 Å². The van der Waals surface area contributed by atoms with Gasteiger partial charge in [0.15, 0.2) is 0 Å². The summed E-state index contributed by atoms with van der Waals surface area (Å²) in [4.78, 5) is 11.0. The van der Waals surface area contributed by atoms with Crippen LogP contribution in [0.2, 0.25) is 0 Å². The third kappa shape index (κ3) is 10.6. The Bertz CT molecular complexity index is 378. The lowest BCUT2D eigenvalue weighted by atomic mass is 9.92. The van der Waals surface area contributed by atoms with Crippen molar-refractivity contribution in [2.24, 2.45) is 35.5 Å². The Labute approximate surface area is 164 Å². The van der Waals surface area contributed by atoms with Crippen molar-refractivity contribution in [2.75, 3.05) is 6.54 Å². The molecule has 1 fully saturated rings. The van der Waals surface area contributed by atoms with Gasteiger partial charge in [-0.05, 0) is 41.9 Å². The fourth-order valence-electron chi connectivity index (χ4n) is 4.56. The molecule has 1 rings (SSSR count). The summed E-state index contributed by atoms with van der Waals surface area (Å²) in [6, 6.07) is 0. The monoisotopic (exact) mass is 365 g/mol. The van der Waals surface area contributed by atoms with Crippen molar-refractivity contribution >= 4 is 5.91 Å². The summed E-state index contributed by atoms with van der Waals surface area (Å²) in [5, 5.41) is 2.99. The first kappa shape index (κ1) is 23.5. The van der Waals surface area contributed by atoms with Crippen LogP contribution in [0.1, 0.15) is 106 Å². The predicted molar refractivity (Wildman–Crippen MR) is 114 cm³/mol. The molecule has 0 saturated heterocycles. The number of amides is 1. The standard InChI is InChI=1S/C24H47NO/c1-18(2)11-9-14-19(3)12-7-8-13-20(4)15-10-16-23-21(5)24(23)17-25-22(6)26/h18-21,23-24H,7-17H2,1-6H3,(H,25,26)/t19-,20+,21-,23?,24?/m0/s1. The number of nitrogens with one attached hydrogen (secondary N) is 1. The predicted octanol–water partition coefficient (Wildman–Crippen LogP) is 6.83. The van der Waals surface area contributed by atoms with Gasteiger partial charge in [-0.25, -0.2) is 0 Å². The molecule has 1 aliphatic carbocycles. The molecule has 154 valence electrons. The lowest BCUT2D eigenvalue weighted by molar-refractivity contribution is -0.119. The van der Waals surface area contributed by atoms with Crippen LogP contribution < -0.4 is 5.32 Å².